The summed E-state index contributed by atoms with van der Waals surface area (Å²) in [6.07, 6.45) is 1.69. The van der Waals surface area contributed by atoms with E-state index in [0.29, 0.717) is 19.7 Å². The van der Waals surface area contributed by atoms with Gasteiger partial charge in [0.05, 0.1) is 4.91 Å². The lowest BCUT2D eigenvalue weighted by Gasteiger charge is -2.03. The molecular formula is C9H6BrNO2S2. The molecule has 3 nitrogen and oxygen atoms in total. The number of thioether (sulfide) groups is 1. The van der Waals surface area contributed by atoms with Gasteiger partial charge in [-0.05, 0) is 28.1 Å². The Balaban J connectivity index is 2.29. The molecule has 0 atom stereocenters. The number of halogens is 1. The van der Waals surface area contributed by atoms with Gasteiger partial charge in [-0.3, -0.25) is 9.69 Å². The molecular weight excluding hydrogens is 298 g/mol. The molecule has 1 aliphatic heterocycles. The highest BCUT2D eigenvalue weighted by molar-refractivity contribution is 9.10. The topological polar surface area (TPSA) is 33.5 Å². The molecule has 0 spiro atoms. The van der Waals surface area contributed by atoms with Crippen LogP contribution in [0.1, 0.15) is 5.76 Å². The van der Waals surface area contributed by atoms with Crippen molar-refractivity contribution in [2.24, 2.45) is 0 Å². The van der Waals surface area contributed by atoms with Gasteiger partial charge in [-0.2, -0.15) is 0 Å². The Morgan fingerprint density at radius 2 is 2.33 bits per heavy atom. The average Bonchev–Trinajstić information content (AvgIpc) is 2.68. The van der Waals surface area contributed by atoms with Gasteiger partial charge < -0.3 is 4.42 Å². The number of nitrogens with zero attached hydrogens (tertiary/aromatic N) is 1. The number of likely N-dealkylation sites (N-methyl/N-ethyl adjacent to an activating group) is 1. The van der Waals surface area contributed by atoms with Crippen LogP contribution in [0.15, 0.2) is 26.1 Å². The SMILES string of the molecule is CN1C(=O)/C(=C\c2ccc(Br)o2)SC1=S. The van der Waals surface area contributed by atoms with E-state index in [9.17, 15) is 4.79 Å². The summed E-state index contributed by atoms with van der Waals surface area (Å²) < 4.78 is 6.48. The number of hydrogen-bond acceptors (Lipinski definition) is 4. The minimum atomic E-state index is -0.0856. The van der Waals surface area contributed by atoms with E-state index in [1.165, 1.54) is 16.7 Å². The van der Waals surface area contributed by atoms with Crippen molar-refractivity contribution in [2.45, 2.75) is 0 Å². The molecule has 78 valence electrons. The van der Waals surface area contributed by atoms with Crippen LogP contribution in [-0.4, -0.2) is 22.2 Å². The van der Waals surface area contributed by atoms with E-state index in [1.54, 1.807) is 25.3 Å². The van der Waals surface area contributed by atoms with E-state index < -0.39 is 0 Å². The summed E-state index contributed by atoms with van der Waals surface area (Å²) in [5.41, 5.74) is 0. The molecule has 1 fully saturated rings. The second-order valence-electron chi connectivity index (χ2n) is 2.88. The van der Waals surface area contributed by atoms with E-state index >= 15 is 0 Å². The van der Waals surface area contributed by atoms with Crippen molar-refractivity contribution in [1.29, 1.82) is 0 Å². The third-order valence-electron chi connectivity index (χ3n) is 1.85. The van der Waals surface area contributed by atoms with Crippen LogP contribution in [0.4, 0.5) is 0 Å². The van der Waals surface area contributed by atoms with E-state index in [2.05, 4.69) is 15.9 Å². The molecule has 1 aromatic rings. The van der Waals surface area contributed by atoms with Crippen LogP contribution in [0, 0.1) is 0 Å². The van der Waals surface area contributed by atoms with Crippen molar-refractivity contribution in [2.75, 3.05) is 7.05 Å². The van der Waals surface area contributed by atoms with Gasteiger partial charge in [0, 0.05) is 13.1 Å². The van der Waals surface area contributed by atoms with Crippen LogP contribution in [0.25, 0.3) is 6.08 Å². The molecule has 1 aliphatic rings. The van der Waals surface area contributed by atoms with Crippen molar-refractivity contribution >= 4 is 56.2 Å². The fourth-order valence-electron chi connectivity index (χ4n) is 1.08. The number of carbonyl (C=O) groups excluding carboxylic acids is 1. The minimum absolute atomic E-state index is 0.0856. The van der Waals surface area contributed by atoms with Crippen LogP contribution in [0.5, 0.6) is 0 Å². The fraction of sp³-hybridized carbons (Fsp3) is 0.111. The predicted octanol–water partition coefficient (Wildman–Crippen LogP) is 2.87. The van der Waals surface area contributed by atoms with Gasteiger partial charge >= 0.3 is 0 Å². The first-order valence-electron chi connectivity index (χ1n) is 4.05. The van der Waals surface area contributed by atoms with Gasteiger partial charge in [-0.25, -0.2) is 0 Å². The third kappa shape index (κ3) is 2.16. The molecule has 0 N–H and O–H groups in total. The maximum atomic E-state index is 11.6. The summed E-state index contributed by atoms with van der Waals surface area (Å²) in [6, 6.07) is 3.56. The first-order chi connectivity index (χ1) is 7.08. The zero-order valence-electron chi connectivity index (χ0n) is 7.69. The molecule has 1 aromatic heterocycles. The molecule has 1 amide bonds. The first kappa shape index (κ1) is 10.9. The van der Waals surface area contributed by atoms with Crippen molar-refractivity contribution in [1.82, 2.24) is 4.90 Å². The Morgan fingerprint density at radius 1 is 1.60 bits per heavy atom. The summed E-state index contributed by atoms with van der Waals surface area (Å²) in [4.78, 5) is 13.7. The quantitative estimate of drug-likeness (QED) is 0.590. The zero-order chi connectivity index (χ0) is 11.0. The molecule has 0 radical (unpaired) electrons. The van der Waals surface area contributed by atoms with Gasteiger partial charge in [0.1, 0.15) is 10.1 Å². The lowest BCUT2D eigenvalue weighted by atomic mass is 10.4. The molecule has 0 bridgehead atoms. The summed E-state index contributed by atoms with van der Waals surface area (Å²) in [5.74, 6) is 0.549. The highest BCUT2D eigenvalue weighted by atomic mass is 79.9. The molecule has 0 aromatic carbocycles. The molecule has 0 saturated carbocycles. The Kier molecular flexibility index (Phi) is 2.99. The molecule has 2 rings (SSSR count). The van der Waals surface area contributed by atoms with E-state index in [-0.39, 0.29) is 5.91 Å². The van der Waals surface area contributed by atoms with Crippen LogP contribution in [0.3, 0.4) is 0 Å². The van der Waals surface area contributed by atoms with Crippen molar-refractivity contribution in [3.8, 4) is 0 Å². The molecule has 0 unspecified atom stereocenters. The first-order valence-corrected chi connectivity index (χ1v) is 6.06. The largest absolute Gasteiger partial charge is 0.450 e. The van der Waals surface area contributed by atoms with Crippen molar-refractivity contribution < 1.29 is 9.21 Å². The Labute approximate surface area is 105 Å². The molecule has 15 heavy (non-hydrogen) atoms. The van der Waals surface area contributed by atoms with E-state index in [0.717, 1.165) is 0 Å². The Morgan fingerprint density at radius 3 is 2.80 bits per heavy atom. The van der Waals surface area contributed by atoms with Crippen LogP contribution in [-0.2, 0) is 4.79 Å². The van der Waals surface area contributed by atoms with E-state index in [1.807, 2.05) is 0 Å². The lowest BCUT2D eigenvalue weighted by molar-refractivity contribution is -0.121. The second kappa shape index (κ2) is 4.11. The Bertz CT molecular complexity index is 466. The Hall–Kier alpha value is -0.590. The highest BCUT2D eigenvalue weighted by Gasteiger charge is 2.28. The highest BCUT2D eigenvalue weighted by Crippen LogP contribution is 2.31. The minimum Gasteiger partial charge on any atom is -0.450 e. The molecule has 0 aliphatic carbocycles. The standard InChI is InChI=1S/C9H6BrNO2S2/c1-11-8(12)6(15-9(11)14)4-5-2-3-7(10)13-5/h2-4H,1H3/b6-4+. The van der Waals surface area contributed by atoms with Crippen LogP contribution >= 0.6 is 39.9 Å². The van der Waals surface area contributed by atoms with Crippen molar-refractivity contribution in [3.63, 3.8) is 0 Å². The van der Waals surface area contributed by atoms with Crippen molar-refractivity contribution in [3.05, 3.63) is 27.5 Å². The zero-order valence-corrected chi connectivity index (χ0v) is 10.9. The second-order valence-corrected chi connectivity index (χ2v) is 5.34. The number of hydrogen-bond donors (Lipinski definition) is 0. The summed E-state index contributed by atoms with van der Waals surface area (Å²) in [5, 5.41) is 0. The van der Waals surface area contributed by atoms with Gasteiger partial charge in [0.25, 0.3) is 5.91 Å². The normalized spacial score (nSPS) is 19.3. The van der Waals surface area contributed by atoms with E-state index in [4.69, 9.17) is 16.6 Å². The predicted molar refractivity (Wildman–Crippen MR) is 67.3 cm³/mol. The lowest BCUT2D eigenvalue weighted by Crippen LogP contribution is -2.22. The third-order valence-corrected chi connectivity index (χ3v) is 3.76. The molecule has 2 heterocycles. The summed E-state index contributed by atoms with van der Waals surface area (Å²) in [6.45, 7) is 0. The maximum absolute atomic E-state index is 11.6. The van der Waals surface area contributed by atoms with Gasteiger partial charge in [0.15, 0.2) is 4.67 Å². The number of furan rings is 1. The van der Waals surface area contributed by atoms with Crippen LogP contribution < -0.4 is 0 Å². The number of amides is 1. The average molecular weight is 304 g/mol. The van der Waals surface area contributed by atoms with Gasteiger partial charge in [-0.15, -0.1) is 0 Å². The van der Waals surface area contributed by atoms with Gasteiger partial charge in [-0.1, -0.05) is 24.0 Å². The monoisotopic (exact) mass is 303 g/mol. The van der Waals surface area contributed by atoms with Crippen LogP contribution in [0.2, 0.25) is 0 Å². The van der Waals surface area contributed by atoms with Gasteiger partial charge in [0.2, 0.25) is 0 Å². The summed E-state index contributed by atoms with van der Waals surface area (Å²) in [7, 11) is 1.66. The molecule has 1 saturated heterocycles. The number of carbonyl (C=O) groups is 1. The summed E-state index contributed by atoms with van der Waals surface area (Å²) >= 11 is 9.48. The molecule has 6 heteroatoms. The fourth-order valence-corrected chi connectivity index (χ4v) is 2.56. The maximum Gasteiger partial charge on any atom is 0.266 e. The number of rotatable bonds is 1. The number of thiocarbonyl (C=S) groups is 1. The smallest absolute Gasteiger partial charge is 0.266 e.